The van der Waals surface area contributed by atoms with Crippen molar-refractivity contribution in [2.45, 2.75) is 11.3 Å². The highest BCUT2D eigenvalue weighted by Gasteiger charge is 2.13. The summed E-state index contributed by atoms with van der Waals surface area (Å²) in [6, 6.07) is 13.7. The highest BCUT2D eigenvalue weighted by Crippen LogP contribution is 2.14. The summed E-state index contributed by atoms with van der Waals surface area (Å²) >= 11 is 0. The van der Waals surface area contributed by atoms with E-state index in [1.165, 1.54) is 24.3 Å². The van der Waals surface area contributed by atoms with Gasteiger partial charge in [0.1, 0.15) is 13.2 Å². The third-order valence-corrected chi connectivity index (χ3v) is 4.59. The van der Waals surface area contributed by atoms with Crippen LogP contribution < -0.4 is 9.46 Å². The van der Waals surface area contributed by atoms with Crippen molar-refractivity contribution in [2.75, 3.05) is 19.8 Å². The lowest BCUT2D eigenvalue weighted by molar-refractivity contribution is -0.144. The molecule has 0 radical (unpaired) electrons. The quantitative estimate of drug-likeness (QED) is 0.542. The smallest absolute Gasteiger partial charge is 0.307 e. The molecule has 2 rings (SSSR count). The zero-order chi connectivity index (χ0) is 18.1. The molecule has 8 heteroatoms. The summed E-state index contributed by atoms with van der Waals surface area (Å²) in [6.45, 7) is -0.134. The molecule has 0 amide bonds. The van der Waals surface area contributed by atoms with Crippen molar-refractivity contribution >= 4 is 16.0 Å². The van der Waals surface area contributed by atoms with Gasteiger partial charge in [0.2, 0.25) is 10.0 Å². The lowest BCUT2D eigenvalue weighted by atomic mass is 10.3. The summed E-state index contributed by atoms with van der Waals surface area (Å²) in [6.07, 6.45) is -0.119. The Labute approximate surface area is 145 Å². The monoisotopic (exact) mass is 367 g/mol. The Morgan fingerprint density at radius 3 is 2.40 bits per heavy atom. The molecule has 2 aromatic rings. The second kappa shape index (κ2) is 9.14. The number of hydrogen-bond donors (Lipinski definition) is 1. The highest BCUT2D eigenvalue weighted by molar-refractivity contribution is 7.89. The maximum atomic E-state index is 13.3. The standard InChI is InChI=1S/C17H18FNO5S/c18-15-8-4-5-9-16(15)23-12-13-24-17(20)10-11-19-25(21,22)14-6-2-1-3-7-14/h1-9,19H,10-13H2. The molecule has 0 aliphatic rings. The molecule has 0 saturated heterocycles. The molecule has 6 nitrogen and oxygen atoms in total. The maximum Gasteiger partial charge on any atom is 0.307 e. The second-order valence-electron chi connectivity index (χ2n) is 4.96. The van der Waals surface area contributed by atoms with E-state index in [2.05, 4.69) is 4.72 Å². The van der Waals surface area contributed by atoms with Crippen LogP contribution >= 0.6 is 0 Å². The van der Waals surface area contributed by atoms with Gasteiger partial charge in [0, 0.05) is 6.54 Å². The zero-order valence-corrected chi connectivity index (χ0v) is 14.2. The van der Waals surface area contributed by atoms with Gasteiger partial charge in [0.05, 0.1) is 11.3 Å². The largest absolute Gasteiger partial charge is 0.487 e. The van der Waals surface area contributed by atoms with Crippen LogP contribution in [0.2, 0.25) is 0 Å². The molecule has 0 spiro atoms. The molecule has 1 N–H and O–H groups in total. The van der Waals surface area contributed by atoms with Crippen molar-refractivity contribution in [1.29, 1.82) is 0 Å². The number of para-hydroxylation sites is 1. The highest BCUT2D eigenvalue weighted by atomic mass is 32.2. The lowest BCUT2D eigenvalue weighted by Crippen LogP contribution is -2.27. The van der Waals surface area contributed by atoms with Gasteiger partial charge in [-0.2, -0.15) is 0 Å². The molecule has 0 fully saturated rings. The molecule has 0 atom stereocenters. The summed E-state index contributed by atoms with van der Waals surface area (Å²) in [5, 5.41) is 0. The Balaban J connectivity index is 1.65. The van der Waals surface area contributed by atoms with Gasteiger partial charge in [-0.1, -0.05) is 30.3 Å². The van der Waals surface area contributed by atoms with Crippen LogP contribution in [0.15, 0.2) is 59.5 Å². The number of benzene rings is 2. The van der Waals surface area contributed by atoms with Gasteiger partial charge in [-0.25, -0.2) is 17.5 Å². The van der Waals surface area contributed by atoms with Crippen LogP contribution in [0.5, 0.6) is 5.75 Å². The fourth-order valence-electron chi connectivity index (χ4n) is 1.91. The SMILES string of the molecule is O=C(CCNS(=O)(=O)c1ccccc1)OCCOc1ccccc1F. The summed E-state index contributed by atoms with van der Waals surface area (Å²) in [7, 11) is -3.65. The minimum Gasteiger partial charge on any atom is -0.487 e. The van der Waals surface area contributed by atoms with E-state index >= 15 is 0 Å². The summed E-state index contributed by atoms with van der Waals surface area (Å²) < 4.78 is 49.5. The Kier molecular flexibility index (Phi) is 6.91. The fourth-order valence-corrected chi connectivity index (χ4v) is 2.96. The number of carbonyl (C=O) groups is 1. The van der Waals surface area contributed by atoms with Crippen LogP contribution in [-0.4, -0.2) is 34.1 Å². The van der Waals surface area contributed by atoms with Gasteiger partial charge in [-0.3, -0.25) is 4.79 Å². The average molecular weight is 367 g/mol. The number of sulfonamides is 1. The van der Waals surface area contributed by atoms with Gasteiger partial charge >= 0.3 is 5.97 Å². The van der Waals surface area contributed by atoms with E-state index in [0.29, 0.717) is 0 Å². The molecule has 25 heavy (non-hydrogen) atoms. The predicted octanol–water partition coefficient (Wildman–Crippen LogP) is 2.12. The van der Waals surface area contributed by atoms with Gasteiger partial charge < -0.3 is 9.47 Å². The number of halogens is 1. The second-order valence-corrected chi connectivity index (χ2v) is 6.73. The molecule has 0 bridgehead atoms. The number of hydrogen-bond acceptors (Lipinski definition) is 5. The summed E-state index contributed by atoms with van der Waals surface area (Å²) in [5.74, 6) is -0.994. The Morgan fingerprint density at radius 1 is 1.00 bits per heavy atom. The van der Waals surface area contributed by atoms with E-state index < -0.39 is 21.8 Å². The Morgan fingerprint density at radius 2 is 1.68 bits per heavy atom. The van der Waals surface area contributed by atoms with Gasteiger partial charge in [0.15, 0.2) is 11.6 Å². The summed E-state index contributed by atoms with van der Waals surface area (Å²) in [4.78, 5) is 11.7. The van der Waals surface area contributed by atoms with E-state index in [1.807, 2.05) is 0 Å². The molecule has 0 aliphatic heterocycles. The van der Waals surface area contributed by atoms with Crippen LogP contribution in [0, 0.1) is 5.82 Å². The van der Waals surface area contributed by atoms with Crippen molar-refractivity contribution in [1.82, 2.24) is 4.72 Å². The van der Waals surface area contributed by atoms with Crippen LogP contribution in [0.3, 0.4) is 0 Å². The molecule has 0 heterocycles. The van der Waals surface area contributed by atoms with Crippen molar-refractivity contribution < 1.29 is 27.1 Å². The first-order valence-electron chi connectivity index (χ1n) is 7.57. The lowest BCUT2D eigenvalue weighted by Gasteiger charge is -2.09. The maximum absolute atomic E-state index is 13.3. The number of carbonyl (C=O) groups excluding carboxylic acids is 1. The van der Waals surface area contributed by atoms with Gasteiger partial charge in [0.25, 0.3) is 0 Å². The molecular formula is C17H18FNO5S. The number of ether oxygens (including phenoxy) is 2. The topological polar surface area (TPSA) is 81.7 Å². The van der Waals surface area contributed by atoms with Crippen LogP contribution in [0.1, 0.15) is 6.42 Å². The van der Waals surface area contributed by atoms with Gasteiger partial charge in [-0.05, 0) is 24.3 Å². The molecule has 0 aliphatic carbocycles. The number of rotatable bonds is 9. The molecule has 134 valence electrons. The van der Waals surface area contributed by atoms with E-state index in [4.69, 9.17) is 9.47 Å². The first-order valence-corrected chi connectivity index (χ1v) is 9.05. The van der Waals surface area contributed by atoms with Gasteiger partial charge in [-0.15, -0.1) is 0 Å². The molecule has 2 aromatic carbocycles. The molecule has 0 aromatic heterocycles. The van der Waals surface area contributed by atoms with Crippen molar-refractivity contribution in [3.05, 3.63) is 60.4 Å². The van der Waals surface area contributed by atoms with Crippen molar-refractivity contribution in [2.24, 2.45) is 0 Å². The van der Waals surface area contributed by atoms with Crippen LogP contribution in [0.25, 0.3) is 0 Å². The molecule has 0 saturated carbocycles. The first-order chi connectivity index (χ1) is 12.0. The summed E-state index contributed by atoms with van der Waals surface area (Å²) in [5.41, 5.74) is 0. The Bertz CT molecular complexity index is 796. The fraction of sp³-hybridized carbons (Fsp3) is 0.235. The molecule has 0 unspecified atom stereocenters. The minimum atomic E-state index is -3.65. The van der Waals surface area contributed by atoms with E-state index in [0.717, 1.165) is 0 Å². The van der Waals surface area contributed by atoms with E-state index in [1.54, 1.807) is 30.3 Å². The van der Waals surface area contributed by atoms with Crippen LogP contribution in [0.4, 0.5) is 4.39 Å². The van der Waals surface area contributed by atoms with Crippen LogP contribution in [-0.2, 0) is 19.6 Å². The third kappa shape index (κ3) is 6.17. The van der Waals surface area contributed by atoms with Crippen molar-refractivity contribution in [3.63, 3.8) is 0 Å². The molecular weight excluding hydrogens is 349 g/mol. The van der Waals surface area contributed by atoms with Crippen molar-refractivity contribution in [3.8, 4) is 5.75 Å². The third-order valence-electron chi connectivity index (χ3n) is 3.12. The Hall–Kier alpha value is -2.45. The zero-order valence-electron chi connectivity index (χ0n) is 13.4. The van der Waals surface area contributed by atoms with E-state index in [9.17, 15) is 17.6 Å². The van der Waals surface area contributed by atoms with E-state index in [-0.39, 0.29) is 36.8 Å². The average Bonchev–Trinajstić information content (AvgIpc) is 2.61. The first kappa shape index (κ1) is 18.9. The minimum absolute atomic E-state index is 0.00240. The predicted molar refractivity (Wildman–Crippen MR) is 89.1 cm³/mol. The number of nitrogens with one attached hydrogen (secondary N) is 1. The normalized spacial score (nSPS) is 11.1. The number of esters is 1.